The predicted molar refractivity (Wildman–Crippen MR) is 113 cm³/mol. The van der Waals surface area contributed by atoms with Gasteiger partial charge in [-0.05, 0) is 71.6 Å². The molecule has 4 rings (SSSR count). The third-order valence-corrected chi connectivity index (χ3v) is 5.43. The Bertz CT molecular complexity index is 1060. The molecule has 1 amide bonds. The minimum absolute atomic E-state index is 0.0942. The summed E-state index contributed by atoms with van der Waals surface area (Å²) in [5.74, 6) is 0.364. The summed E-state index contributed by atoms with van der Waals surface area (Å²) in [4.78, 5) is 18.3. The molecule has 1 aliphatic carbocycles. The van der Waals surface area contributed by atoms with E-state index in [1.165, 1.54) is 0 Å². The van der Waals surface area contributed by atoms with Crippen molar-refractivity contribution >= 4 is 22.6 Å². The first-order valence-corrected chi connectivity index (χ1v) is 9.95. The largest absolute Gasteiger partial charge is 0.321 e. The second kappa shape index (κ2) is 6.43. The van der Waals surface area contributed by atoms with E-state index in [4.69, 9.17) is 10.1 Å². The number of amides is 1. The zero-order valence-corrected chi connectivity index (χ0v) is 17.6. The number of hydrogen-bond acceptors (Lipinski definition) is 3. The van der Waals surface area contributed by atoms with Gasteiger partial charge >= 0.3 is 0 Å². The first-order valence-electron chi connectivity index (χ1n) is 9.95. The zero-order valence-electron chi connectivity index (χ0n) is 17.6. The Morgan fingerprint density at radius 3 is 2.36 bits per heavy atom. The van der Waals surface area contributed by atoms with E-state index in [0.717, 1.165) is 52.1 Å². The molecule has 5 heteroatoms. The zero-order chi connectivity index (χ0) is 20.2. The van der Waals surface area contributed by atoms with Gasteiger partial charge in [0.25, 0.3) is 5.91 Å². The van der Waals surface area contributed by atoms with Crippen LogP contribution in [0, 0.1) is 20.8 Å². The van der Waals surface area contributed by atoms with Crippen LogP contribution in [-0.4, -0.2) is 20.7 Å². The Morgan fingerprint density at radius 2 is 1.79 bits per heavy atom. The number of hydrogen-bond donors (Lipinski definition) is 1. The van der Waals surface area contributed by atoms with Crippen LogP contribution in [0.3, 0.4) is 0 Å². The molecule has 2 aromatic heterocycles. The second-order valence-electron chi connectivity index (χ2n) is 8.96. The number of nitrogens with one attached hydrogen (secondary N) is 1. The molecule has 1 saturated carbocycles. The van der Waals surface area contributed by atoms with Gasteiger partial charge in [0.05, 0.1) is 22.2 Å². The van der Waals surface area contributed by atoms with E-state index in [0.29, 0.717) is 11.5 Å². The molecule has 1 aromatic carbocycles. The van der Waals surface area contributed by atoms with Crippen molar-refractivity contribution in [3.05, 3.63) is 52.3 Å². The molecule has 146 valence electrons. The van der Waals surface area contributed by atoms with Gasteiger partial charge in [-0.25, -0.2) is 9.67 Å². The van der Waals surface area contributed by atoms with E-state index in [1.54, 1.807) is 0 Å². The fourth-order valence-corrected chi connectivity index (χ4v) is 3.74. The van der Waals surface area contributed by atoms with Gasteiger partial charge in [-0.2, -0.15) is 5.10 Å². The maximum absolute atomic E-state index is 13.4. The van der Waals surface area contributed by atoms with Crippen LogP contribution >= 0.6 is 0 Å². The number of anilines is 1. The van der Waals surface area contributed by atoms with E-state index >= 15 is 0 Å². The molecule has 0 saturated heterocycles. The number of aromatic nitrogens is 3. The molecule has 0 unspecified atom stereocenters. The lowest BCUT2D eigenvalue weighted by atomic mass is 10.0. The molecule has 0 spiro atoms. The minimum atomic E-state index is -0.206. The Hall–Kier alpha value is -2.69. The van der Waals surface area contributed by atoms with E-state index in [2.05, 4.69) is 26.1 Å². The molecule has 0 bridgehead atoms. The lowest BCUT2D eigenvalue weighted by molar-refractivity contribution is 0.102. The van der Waals surface area contributed by atoms with Crippen molar-refractivity contribution in [3.8, 4) is 0 Å². The van der Waals surface area contributed by atoms with Crippen molar-refractivity contribution in [3.63, 3.8) is 0 Å². The highest BCUT2D eigenvalue weighted by Crippen LogP contribution is 2.41. The van der Waals surface area contributed by atoms with E-state index in [-0.39, 0.29) is 11.4 Å². The topological polar surface area (TPSA) is 59.8 Å². The summed E-state index contributed by atoms with van der Waals surface area (Å²) >= 11 is 0. The molecule has 0 radical (unpaired) electrons. The lowest BCUT2D eigenvalue weighted by Gasteiger charge is -2.20. The highest BCUT2D eigenvalue weighted by atomic mass is 16.1. The average Bonchev–Trinajstić information content (AvgIpc) is 3.40. The molecular formula is C23H28N4O. The van der Waals surface area contributed by atoms with Crippen LogP contribution in [0.25, 0.3) is 11.0 Å². The minimum Gasteiger partial charge on any atom is -0.321 e. The third kappa shape index (κ3) is 3.19. The van der Waals surface area contributed by atoms with Gasteiger partial charge in [0, 0.05) is 17.3 Å². The molecule has 1 fully saturated rings. The van der Waals surface area contributed by atoms with E-state index in [1.807, 2.05) is 49.7 Å². The van der Waals surface area contributed by atoms with Gasteiger partial charge in [-0.1, -0.05) is 18.2 Å². The van der Waals surface area contributed by atoms with Gasteiger partial charge in [-0.3, -0.25) is 4.79 Å². The number of pyridine rings is 1. The van der Waals surface area contributed by atoms with Crippen molar-refractivity contribution in [1.82, 2.24) is 14.8 Å². The molecule has 0 atom stereocenters. The van der Waals surface area contributed by atoms with E-state index in [9.17, 15) is 4.79 Å². The first kappa shape index (κ1) is 18.7. The number of fused-ring (bicyclic) bond motifs is 1. The lowest BCUT2D eigenvalue weighted by Crippen LogP contribution is -2.24. The molecule has 28 heavy (non-hydrogen) atoms. The molecule has 1 N–H and O–H groups in total. The predicted octanol–water partition coefficient (Wildman–Crippen LogP) is 5.24. The fourth-order valence-electron chi connectivity index (χ4n) is 3.74. The number of carbonyl (C=O) groups excluding carboxylic acids is 1. The molecule has 5 nitrogen and oxygen atoms in total. The number of carbonyl (C=O) groups is 1. The van der Waals surface area contributed by atoms with Crippen LogP contribution in [0.15, 0.2) is 24.3 Å². The van der Waals surface area contributed by atoms with Gasteiger partial charge < -0.3 is 5.32 Å². The van der Waals surface area contributed by atoms with Crippen LogP contribution in [0.1, 0.15) is 72.4 Å². The molecule has 2 heterocycles. The van der Waals surface area contributed by atoms with Crippen molar-refractivity contribution in [2.75, 3.05) is 5.32 Å². The van der Waals surface area contributed by atoms with Crippen molar-refractivity contribution in [2.24, 2.45) is 0 Å². The standard InChI is InChI=1S/C23H28N4O/c1-13-8-7-9-14(2)20(13)25-22(28)17-12-18(16-10-11-16)24-21-19(17)15(3)26-27(21)23(4,5)6/h7-9,12,16H,10-11H2,1-6H3,(H,25,28). The number of benzene rings is 1. The second-order valence-corrected chi connectivity index (χ2v) is 8.96. The Labute approximate surface area is 166 Å². The Kier molecular flexibility index (Phi) is 4.29. The third-order valence-electron chi connectivity index (χ3n) is 5.43. The molecular weight excluding hydrogens is 348 g/mol. The number of para-hydroxylation sites is 1. The molecule has 0 aliphatic heterocycles. The van der Waals surface area contributed by atoms with E-state index < -0.39 is 0 Å². The molecule has 3 aromatic rings. The van der Waals surface area contributed by atoms with Gasteiger partial charge in [0.1, 0.15) is 0 Å². The van der Waals surface area contributed by atoms with Crippen molar-refractivity contribution in [2.45, 2.75) is 65.8 Å². The normalized spacial score (nSPS) is 14.5. The van der Waals surface area contributed by atoms with Gasteiger partial charge in [0.2, 0.25) is 0 Å². The van der Waals surface area contributed by atoms with Crippen LogP contribution in [0.5, 0.6) is 0 Å². The summed E-state index contributed by atoms with van der Waals surface area (Å²) in [5, 5.41) is 8.74. The summed E-state index contributed by atoms with van der Waals surface area (Å²) < 4.78 is 1.96. The number of rotatable bonds is 3. The van der Waals surface area contributed by atoms with Crippen LogP contribution < -0.4 is 5.32 Å². The fraction of sp³-hybridized carbons (Fsp3) is 0.435. The summed E-state index contributed by atoms with van der Waals surface area (Å²) in [6, 6.07) is 8.02. The highest BCUT2D eigenvalue weighted by Gasteiger charge is 2.30. The van der Waals surface area contributed by atoms with Crippen LogP contribution in [0.4, 0.5) is 5.69 Å². The molecule has 1 aliphatic rings. The van der Waals surface area contributed by atoms with Crippen LogP contribution in [0.2, 0.25) is 0 Å². The van der Waals surface area contributed by atoms with Crippen molar-refractivity contribution < 1.29 is 4.79 Å². The SMILES string of the molecule is Cc1cccc(C)c1NC(=O)c1cc(C2CC2)nc2c1c(C)nn2C(C)(C)C. The smallest absolute Gasteiger partial charge is 0.256 e. The maximum Gasteiger partial charge on any atom is 0.256 e. The Balaban J connectivity index is 1.88. The van der Waals surface area contributed by atoms with Crippen molar-refractivity contribution in [1.29, 1.82) is 0 Å². The number of nitrogens with zero attached hydrogens (tertiary/aromatic N) is 3. The highest BCUT2D eigenvalue weighted by molar-refractivity contribution is 6.13. The summed E-state index contributed by atoms with van der Waals surface area (Å²) in [5.41, 5.74) is 6.11. The summed E-state index contributed by atoms with van der Waals surface area (Å²) in [6.45, 7) is 12.3. The maximum atomic E-state index is 13.4. The first-order chi connectivity index (χ1) is 13.2. The van der Waals surface area contributed by atoms with Gasteiger partial charge in [0.15, 0.2) is 5.65 Å². The average molecular weight is 377 g/mol. The Morgan fingerprint density at radius 1 is 1.14 bits per heavy atom. The van der Waals surface area contributed by atoms with Gasteiger partial charge in [-0.15, -0.1) is 0 Å². The van der Waals surface area contributed by atoms with Crippen LogP contribution in [-0.2, 0) is 5.54 Å². The quantitative estimate of drug-likeness (QED) is 0.680. The number of aryl methyl sites for hydroxylation is 3. The monoisotopic (exact) mass is 376 g/mol. The summed E-state index contributed by atoms with van der Waals surface area (Å²) in [6.07, 6.45) is 2.28. The summed E-state index contributed by atoms with van der Waals surface area (Å²) in [7, 11) is 0.